The summed E-state index contributed by atoms with van der Waals surface area (Å²) in [7, 11) is 0. The Hall–Kier alpha value is -0.0400. The van der Waals surface area contributed by atoms with Crippen molar-refractivity contribution in [2.45, 2.75) is 78.1 Å². The molecule has 4 aliphatic carbocycles. The highest BCUT2D eigenvalue weighted by Crippen LogP contribution is 2.66. The molecule has 0 heterocycles. The molecular weight excluding hydrogens is 256 g/mol. The summed E-state index contributed by atoms with van der Waals surface area (Å²) in [4.78, 5) is 0. The van der Waals surface area contributed by atoms with Crippen molar-refractivity contribution in [2.75, 3.05) is 6.61 Å². The van der Waals surface area contributed by atoms with Gasteiger partial charge in [-0.15, -0.1) is 0 Å². The summed E-state index contributed by atoms with van der Waals surface area (Å²) in [5.74, 6) is 4.62. The minimum atomic E-state index is 0.432. The Labute approximate surface area is 130 Å². The van der Waals surface area contributed by atoms with Crippen molar-refractivity contribution in [3.8, 4) is 0 Å². The molecule has 0 spiro atoms. The zero-order valence-corrected chi connectivity index (χ0v) is 14.1. The summed E-state index contributed by atoms with van der Waals surface area (Å²) in [5, 5.41) is 9.55. The molecule has 0 radical (unpaired) electrons. The molecule has 0 aliphatic heterocycles. The number of hydrogen-bond donors (Lipinski definition) is 1. The predicted molar refractivity (Wildman–Crippen MR) is 86.9 cm³/mol. The van der Waals surface area contributed by atoms with E-state index in [1.165, 1.54) is 64.2 Å². The minimum absolute atomic E-state index is 0.432. The Morgan fingerprint density at radius 1 is 0.905 bits per heavy atom. The second-order valence-corrected chi connectivity index (χ2v) is 9.56. The van der Waals surface area contributed by atoms with Crippen molar-refractivity contribution in [2.24, 2.45) is 40.4 Å². The van der Waals surface area contributed by atoms with Gasteiger partial charge < -0.3 is 5.11 Å². The minimum Gasteiger partial charge on any atom is -0.396 e. The maximum Gasteiger partial charge on any atom is 0.0459 e. The first-order valence-corrected chi connectivity index (χ1v) is 9.68. The summed E-state index contributed by atoms with van der Waals surface area (Å²) in [6, 6.07) is 0. The van der Waals surface area contributed by atoms with Crippen molar-refractivity contribution < 1.29 is 5.11 Å². The zero-order valence-electron chi connectivity index (χ0n) is 14.1. The third-order valence-electron chi connectivity index (χ3n) is 8.81. The summed E-state index contributed by atoms with van der Waals surface area (Å²) in [5.41, 5.74) is 1.31. The van der Waals surface area contributed by atoms with Gasteiger partial charge in [-0.1, -0.05) is 20.3 Å². The lowest BCUT2D eigenvalue weighted by Gasteiger charge is -2.60. The van der Waals surface area contributed by atoms with Crippen LogP contribution in [0, 0.1) is 40.4 Å². The molecule has 0 aromatic rings. The highest BCUT2D eigenvalue weighted by atomic mass is 16.3. The van der Waals surface area contributed by atoms with Gasteiger partial charge in [-0.3, -0.25) is 0 Å². The molecule has 1 N–H and O–H groups in total. The Morgan fingerprint density at radius 2 is 1.76 bits per heavy atom. The van der Waals surface area contributed by atoms with Gasteiger partial charge in [0.05, 0.1) is 0 Å². The normalized spacial score (nSPS) is 56.4. The zero-order chi connectivity index (χ0) is 14.7. The van der Waals surface area contributed by atoms with Gasteiger partial charge in [0.15, 0.2) is 0 Å². The first kappa shape index (κ1) is 14.5. The Kier molecular flexibility index (Phi) is 3.45. The van der Waals surface area contributed by atoms with E-state index in [9.17, 15) is 5.11 Å². The van der Waals surface area contributed by atoms with Crippen LogP contribution in [0.25, 0.3) is 0 Å². The molecule has 21 heavy (non-hydrogen) atoms. The van der Waals surface area contributed by atoms with Crippen LogP contribution in [0.4, 0.5) is 0 Å². The molecule has 0 amide bonds. The van der Waals surface area contributed by atoms with E-state index in [0.29, 0.717) is 23.4 Å². The quantitative estimate of drug-likeness (QED) is 0.718. The predicted octanol–water partition coefficient (Wildman–Crippen LogP) is 5.03. The molecule has 4 aliphatic rings. The van der Waals surface area contributed by atoms with Crippen molar-refractivity contribution in [1.82, 2.24) is 0 Å². The summed E-state index contributed by atoms with van der Waals surface area (Å²) >= 11 is 0. The molecule has 0 saturated heterocycles. The number of hydrogen-bond acceptors (Lipinski definition) is 1. The van der Waals surface area contributed by atoms with Crippen LogP contribution in [0.1, 0.15) is 78.1 Å². The largest absolute Gasteiger partial charge is 0.396 e. The molecule has 2 unspecified atom stereocenters. The molecule has 4 saturated carbocycles. The number of fused-ring (bicyclic) bond motifs is 5. The van der Waals surface area contributed by atoms with Crippen LogP contribution < -0.4 is 0 Å². The van der Waals surface area contributed by atoms with Gasteiger partial charge in [-0.2, -0.15) is 0 Å². The number of aliphatic hydroxyl groups excluding tert-OH is 1. The van der Waals surface area contributed by atoms with E-state index in [-0.39, 0.29) is 0 Å². The van der Waals surface area contributed by atoms with E-state index in [4.69, 9.17) is 0 Å². The lowest BCUT2D eigenvalue weighted by atomic mass is 9.45. The van der Waals surface area contributed by atoms with Crippen LogP contribution in [0.5, 0.6) is 0 Å². The first-order valence-electron chi connectivity index (χ1n) is 9.68. The summed E-state index contributed by atoms with van der Waals surface area (Å²) < 4.78 is 0. The molecule has 0 bridgehead atoms. The first-order chi connectivity index (χ1) is 10.1. The fourth-order valence-electron chi connectivity index (χ4n) is 7.51. The van der Waals surface area contributed by atoms with Gasteiger partial charge >= 0.3 is 0 Å². The lowest BCUT2D eigenvalue weighted by Crippen LogP contribution is -2.52. The molecular formula is C20H34O. The van der Waals surface area contributed by atoms with E-state index in [0.717, 1.165) is 23.7 Å². The van der Waals surface area contributed by atoms with E-state index in [2.05, 4.69) is 13.8 Å². The highest BCUT2D eigenvalue weighted by Gasteiger charge is 2.57. The van der Waals surface area contributed by atoms with E-state index in [1.807, 2.05) is 0 Å². The van der Waals surface area contributed by atoms with Gasteiger partial charge in [0.2, 0.25) is 0 Å². The van der Waals surface area contributed by atoms with Crippen LogP contribution in [0.15, 0.2) is 0 Å². The van der Waals surface area contributed by atoms with Crippen LogP contribution in [0.3, 0.4) is 0 Å². The second kappa shape index (κ2) is 4.98. The SMILES string of the molecule is C[C@@]12CCC[C@H]1[C@@H]1CCC3CC(CO)CC[C@]3(C)[C@H]1CC2. The van der Waals surface area contributed by atoms with Gasteiger partial charge in [0.1, 0.15) is 0 Å². The molecule has 7 atom stereocenters. The third-order valence-corrected chi connectivity index (χ3v) is 8.81. The topological polar surface area (TPSA) is 20.2 Å². The molecule has 0 aromatic heterocycles. The average molecular weight is 290 g/mol. The van der Waals surface area contributed by atoms with Crippen molar-refractivity contribution in [3.05, 3.63) is 0 Å². The summed E-state index contributed by atoms with van der Waals surface area (Å²) in [6.45, 7) is 5.68. The second-order valence-electron chi connectivity index (χ2n) is 9.56. The van der Waals surface area contributed by atoms with E-state index >= 15 is 0 Å². The Bertz CT molecular complexity index is 405. The molecule has 4 fully saturated rings. The van der Waals surface area contributed by atoms with E-state index < -0.39 is 0 Å². The van der Waals surface area contributed by atoms with Crippen molar-refractivity contribution in [1.29, 1.82) is 0 Å². The lowest BCUT2D eigenvalue weighted by molar-refractivity contribution is -0.114. The van der Waals surface area contributed by atoms with Gasteiger partial charge in [-0.05, 0) is 98.2 Å². The average Bonchev–Trinajstić information content (AvgIpc) is 2.88. The number of aliphatic hydroxyl groups is 1. The standard InChI is InChI=1S/C20H34O/c1-19-9-3-4-17(19)16-6-5-15-12-14(13-21)7-11-20(15,2)18(16)8-10-19/h14-18,21H,3-13H2,1-2H3/t14?,15?,16-,17-,18-,19-,20-/m0/s1. The molecule has 1 heteroatoms. The Morgan fingerprint density at radius 3 is 2.57 bits per heavy atom. The van der Waals surface area contributed by atoms with Crippen molar-refractivity contribution >= 4 is 0 Å². The smallest absolute Gasteiger partial charge is 0.0459 e. The Balaban J connectivity index is 1.59. The molecule has 1 nitrogen and oxygen atoms in total. The van der Waals surface area contributed by atoms with Crippen LogP contribution >= 0.6 is 0 Å². The van der Waals surface area contributed by atoms with Crippen molar-refractivity contribution in [3.63, 3.8) is 0 Å². The molecule has 120 valence electrons. The van der Waals surface area contributed by atoms with Crippen LogP contribution in [0.2, 0.25) is 0 Å². The maximum atomic E-state index is 9.55. The fourth-order valence-corrected chi connectivity index (χ4v) is 7.51. The fraction of sp³-hybridized carbons (Fsp3) is 1.00. The summed E-state index contributed by atoms with van der Waals surface area (Å²) in [6.07, 6.45) is 14.5. The van der Waals surface area contributed by atoms with Gasteiger partial charge in [0, 0.05) is 6.61 Å². The maximum absolute atomic E-state index is 9.55. The molecule has 0 aromatic carbocycles. The highest BCUT2D eigenvalue weighted by molar-refractivity contribution is 5.07. The monoisotopic (exact) mass is 290 g/mol. The number of rotatable bonds is 1. The van der Waals surface area contributed by atoms with E-state index in [1.54, 1.807) is 0 Å². The van der Waals surface area contributed by atoms with Gasteiger partial charge in [-0.25, -0.2) is 0 Å². The van der Waals surface area contributed by atoms with Crippen LogP contribution in [-0.2, 0) is 0 Å². The van der Waals surface area contributed by atoms with Gasteiger partial charge in [0.25, 0.3) is 0 Å². The third kappa shape index (κ3) is 2.06. The van der Waals surface area contributed by atoms with Crippen LogP contribution in [-0.4, -0.2) is 11.7 Å². The molecule has 4 rings (SSSR count).